The van der Waals surface area contributed by atoms with Crippen LogP contribution in [0.3, 0.4) is 0 Å². The van der Waals surface area contributed by atoms with Crippen molar-refractivity contribution in [2.45, 2.75) is 100 Å². The summed E-state index contributed by atoms with van der Waals surface area (Å²) >= 11 is 0. The van der Waals surface area contributed by atoms with E-state index in [-0.39, 0.29) is 29.7 Å². The quantitative estimate of drug-likeness (QED) is 0.227. The third-order valence-electron chi connectivity index (χ3n) is 11.2. The first kappa shape index (κ1) is 38.9. The first-order chi connectivity index (χ1) is 25.3. The average Bonchev–Trinajstić information content (AvgIpc) is 3.33. The Morgan fingerprint density at radius 3 is 2.28 bits per heavy atom. The zero-order valence-electron chi connectivity index (χ0n) is 30.0. The van der Waals surface area contributed by atoms with Gasteiger partial charge in [0.05, 0.1) is 34.9 Å². The molecule has 4 N–H and O–H groups in total. The fourth-order valence-electron chi connectivity index (χ4n) is 8.62. The summed E-state index contributed by atoms with van der Waals surface area (Å²) in [6.45, 7) is 3.49. The monoisotopic (exact) mass is 755 g/mol. The van der Waals surface area contributed by atoms with Gasteiger partial charge in [0, 0.05) is 26.5 Å². The summed E-state index contributed by atoms with van der Waals surface area (Å²) in [5, 5.41) is 49.0. The van der Waals surface area contributed by atoms with Crippen molar-refractivity contribution in [1.82, 2.24) is 4.98 Å². The van der Waals surface area contributed by atoms with Gasteiger partial charge < -0.3 is 48.8 Å². The van der Waals surface area contributed by atoms with E-state index in [1.165, 1.54) is 44.3 Å². The first-order valence-corrected chi connectivity index (χ1v) is 17.2. The molecule has 2 aliphatic carbocycles. The summed E-state index contributed by atoms with van der Waals surface area (Å²) in [5.41, 5.74) is -12.6. The van der Waals surface area contributed by atoms with E-state index in [2.05, 4.69) is 4.98 Å². The zero-order valence-corrected chi connectivity index (χ0v) is 30.0. The summed E-state index contributed by atoms with van der Waals surface area (Å²) in [6, 6.07) is 10.5. The van der Waals surface area contributed by atoms with Crippen LogP contribution >= 0.6 is 0 Å². The number of esters is 5. The number of pyridine rings is 1. The van der Waals surface area contributed by atoms with Crippen molar-refractivity contribution in [3.63, 3.8) is 0 Å². The van der Waals surface area contributed by atoms with E-state index in [1.54, 1.807) is 18.2 Å². The van der Waals surface area contributed by atoms with Gasteiger partial charge in [-0.15, -0.1) is 0 Å². The second-order valence-corrected chi connectivity index (χ2v) is 14.8. The van der Waals surface area contributed by atoms with E-state index in [9.17, 15) is 49.2 Å². The molecule has 0 amide bonds. The molecule has 6 rings (SSSR count). The van der Waals surface area contributed by atoms with Crippen LogP contribution in [0.4, 0.5) is 0 Å². The van der Waals surface area contributed by atoms with Crippen LogP contribution in [-0.4, -0.2) is 127 Å². The Morgan fingerprint density at radius 1 is 0.944 bits per heavy atom. The number of Topliss-reactive ketones (excluding diaryl/α,β-unsaturated/α-hetero) is 1. The number of rotatable bonds is 5. The fourth-order valence-corrected chi connectivity index (χ4v) is 8.62. The summed E-state index contributed by atoms with van der Waals surface area (Å²) in [4.78, 5) is 85.1. The molecule has 1 saturated heterocycles. The number of carbonyl (C=O) groups excluding carboxylic acids is 6. The Hall–Kier alpha value is -4.81. The highest BCUT2D eigenvalue weighted by atomic mass is 16.6. The number of nitrogens with zero attached hydrogens (tertiary/aromatic N) is 1. The lowest BCUT2D eigenvalue weighted by Gasteiger charge is -2.65. The second-order valence-electron chi connectivity index (χ2n) is 14.8. The Labute approximate surface area is 308 Å². The molecule has 1 aromatic heterocycles. The van der Waals surface area contributed by atoms with Gasteiger partial charge in [0.15, 0.2) is 18.0 Å². The molecular weight excluding hydrogens is 714 g/mol. The zero-order chi connectivity index (χ0) is 39.6. The molecule has 17 nitrogen and oxygen atoms in total. The molecule has 17 heteroatoms. The predicted molar refractivity (Wildman–Crippen MR) is 177 cm³/mol. The molecule has 2 aromatic rings. The molecule has 4 bridgehead atoms. The van der Waals surface area contributed by atoms with Crippen LogP contribution in [0.5, 0.6) is 0 Å². The molecule has 54 heavy (non-hydrogen) atoms. The van der Waals surface area contributed by atoms with E-state index in [0.29, 0.717) is 0 Å². The molecule has 290 valence electrons. The van der Waals surface area contributed by atoms with Crippen molar-refractivity contribution < 1.29 is 77.6 Å². The third kappa shape index (κ3) is 5.68. The lowest BCUT2D eigenvalue weighted by Crippen LogP contribution is -2.88. The van der Waals surface area contributed by atoms with Crippen molar-refractivity contribution in [3.05, 3.63) is 65.5 Å². The molecule has 2 aliphatic heterocycles. The number of aliphatic hydroxyl groups excluding tert-OH is 3. The number of ketones is 1. The van der Waals surface area contributed by atoms with Gasteiger partial charge in [0.25, 0.3) is 0 Å². The predicted octanol–water partition coefficient (Wildman–Crippen LogP) is -0.233. The fraction of sp³-hybridized carbons (Fsp3) is 0.541. The maximum absolute atomic E-state index is 14.5. The van der Waals surface area contributed by atoms with Crippen LogP contribution in [0.15, 0.2) is 48.7 Å². The molecule has 3 fully saturated rings. The minimum atomic E-state index is -2.88. The van der Waals surface area contributed by atoms with Gasteiger partial charge in [-0.25, -0.2) is 14.4 Å². The molecular formula is C37H41NO16. The van der Waals surface area contributed by atoms with E-state index in [0.717, 1.165) is 20.8 Å². The van der Waals surface area contributed by atoms with Gasteiger partial charge in [-0.1, -0.05) is 18.2 Å². The number of fused-ring (bicyclic) bond motifs is 5. The third-order valence-corrected chi connectivity index (χ3v) is 11.2. The maximum atomic E-state index is 14.5. The van der Waals surface area contributed by atoms with Crippen LogP contribution < -0.4 is 0 Å². The van der Waals surface area contributed by atoms with E-state index < -0.39 is 113 Å². The standard InChI is InChI=1S/C37H41NO16/c1-18(39)49-17-36-27(44)25(42)28-35(5,48)37(36)26(43)23(24(41)29(36)51-19(2)40)34(4,54-37)16-50-31(46)21-12-9-15-38-22(21)13-14-33(3,32(47)52-28)53-30(45)20-10-7-6-8-11-20/h6-12,15,23,25-29,42-44,48H,13-14,16-17H2,1-5H3/t23-,25-,26-,27+,28+,29-,33?,34+,35+,36+,37+/m1/s1. The number of hydrogen-bond donors (Lipinski definition) is 4. The van der Waals surface area contributed by atoms with Gasteiger partial charge in [-0.05, 0) is 51.5 Å². The van der Waals surface area contributed by atoms with E-state index >= 15 is 0 Å². The van der Waals surface area contributed by atoms with Crippen molar-refractivity contribution in [2.75, 3.05) is 13.2 Å². The minimum absolute atomic E-state index is 0.0509. The summed E-state index contributed by atoms with van der Waals surface area (Å²) in [6.07, 6.45) is -10.6. The van der Waals surface area contributed by atoms with Gasteiger partial charge in [0.1, 0.15) is 41.5 Å². The van der Waals surface area contributed by atoms with Crippen LogP contribution in [0.25, 0.3) is 0 Å². The lowest BCUT2D eigenvalue weighted by molar-refractivity contribution is -0.376. The highest BCUT2D eigenvalue weighted by Crippen LogP contribution is 2.67. The normalized spacial score (nSPS) is 38.9. The van der Waals surface area contributed by atoms with Crippen LogP contribution in [-0.2, 0) is 54.0 Å². The number of aryl methyl sites for hydroxylation is 1. The van der Waals surface area contributed by atoms with Crippen molar-refractivity contribution in [2.24, 2.45) is 11.3 Å². The second kappa shape index (κ2) is 13.5. The number of hydrogen-bond acceptors (Lipinski definition) is 17. The SMILES string of the molecule is CC(=O)OC[C@]12[C@H](OC(C)=O)C(=O)[C@@H]3[C@@H](O)[C@@]14O[C@@]3(C)COC(=O)c1cccnc1CCC(C)(OC(=O)c1ccccc1)C(=O)O[C@@H]([C@H](O)[C@@H]2O)[C@]4(C)O. The molecule has 2 saturated carbocycles. The largest absolute Gasteiger partial charge is 0.465 e. The van der Waals surface area contributed by atoms with Crippen molar-refractivity contribution >= 4 is 35.6 Å². The van der Waals surface area contributed by atoms with E-state index in [4.69, 9.17) is 28.4 Å². The highest BCUT2D eigenvalue weighted by Gasteiger charge is 2.89. The van der Waals surface area contributed by atoms with Gasteiger partial charge in [0.2, 0.25) is 5.60 Å². The Kier molecular flexibility index (Phi) is 9.72. The molecule has 1 unspecified atom stereocenters. The van der Waals surface area contributed by atoms with Crippen LogP contribution in [0.2, 0.25) is 0 Å². The van der Waals surface area contributed by atoms with E-state index in [1.807, 2.05) is 0 Å². The Balaban J connectivity index is 1.58. The number of ether oxygens (including phenoxy) is 6. The number of aliphatic hydroxyl groups is 4. The summed E-state index contributed by atoms with van der Waals surface area (Å²) in [5.74, 6) is -8.20. The van der Waals surface area contributed by atoms with Crippen molar-refractivity contribution in [1.29, 1.82) is 0 Å². The highest BCUT2D eigenvalue weighted by molar-refractivity contribution is 5.94. The van der Waals surface area contributed by atoms with Gasteiger partial charge >= 0.3 is 29.8 Å². The molecule has 3 heterocycles. The van der Waals surface area contributed by atoms with Crippen molar-refractivity contribution in [3.8, 4) is 0 Å². The molecule has 11 atom stereocenters. The molecule has 0 radical (unpaired) electrons. The minimum Gasteiger partial charge on any atom is -0.465 e. The number of aromatic nitrogens is 1. The lowest BCUT2D eigenvalue weighted by atomic mass is 9.45. The smallest absolute Gasteiger partial charge is 0.350 e. The number of benzene rings is 1. The maximum Gasteiger partial charge on any atom is 0.350 e. The van der Waals surface area contributed by atoms with Crippen LogP contribution in [0, 0.1) is 11.3 Å². The summed E-state index contributed by atoms with van der Waals surface area (Å²) < 4.78 is 34.6. The average molecular weight is 756 g/mol. The molecule has 1 spiro atoms. The first-order valence-electron chi connectivity index (χ1n) is 17.2. The molecule has 1 aromatic carbocycles. The van der Waals surface area contributed by atoms with Crippen LogP contribution in [0.1, 0.15) is 67.4 Å². The number of cyclic esters (lactones) is 1. The van der Waals surface area contributed by atoms with Gasteiger partial charge in [-0.2, -0.15) is 0 Å². The topological polar surface area (TPSA) is 252 Å². The Bertz CT molecular complexity index is 1880. The van der Waals surface area contributed by atoms with Gasteiger partial charge in [-0.3, -0.25) is 19.4 Å². The summed E-state index contributed by atoms with van der Waals surface area (Å²) in [7, 11) is 0. The Morgan fingerprint density at radius 2 is 1.63 bits per heavy atom. The molecule has 4 aliphatic rings. The number of carbonyl (C=O) groups is 6.